The summed E-state index contributed by atoms with van der Waals surface area (Å²) >= 11 is 0. The lowest BCUT2D eigenvalue weighted by molar-refractivity contribution is -0.385. The molecule has 0 N–H and O–H groups in total. The average Bonchev–Trinajstić information content (AvgIpc) is 3.04. The molecule has 0 amide bonds. The number of aromatic nitrogens is 1. The number of nitro groups is 2. The summed E-state index contributed by atoms with van der Waals surface area (Å²) in [7, 11) is 0. The second kappa shape index (κ2) is 14.1. The zero-order chi connectivity index (χ0) is 30.7. The van der Waals surface area contributed by atoms with Gasteiger partial charge in [-0.05, 0) is 101 Å². The quantitative estimate of drug-likeness (QED) is 0.0826. The third-order valence-corrected chi connectivity index (χ3v) is 6.34. The Labute approximate surface area is 252 Å². The maximum absolute atomic E-state index is 10.8. The number of hydrogen-bond donors (Lipinski definition) is 0. The van der Waals surface area contributed by atoms with Gasteiger partial charge in [0, 0.05) is 49.1 Å². The molecule has 0 spiro atoms. The Kier molecular flexibility index (Phi) is 9.38. The van der Waals surface area contributed by atoms with Crippen LogP contribution >= 0.6 is 0 Å². The number of ether oxygens (including phenoxy) is 2. The van der Waals surface area contributed by atoms with Crippen LogP contribution in [-0.4, -0.2) is 27.3 Å². The van der Waals surface area contributed by atoms with Crippen molar-refractivity contribution in [2.45, 2.75) is 13.1 Å². The molecule has 0 aliphatic rings. The highest BCUT2D eigenvalue weighted by Crippen LogP contribution is 2.25. The molecule has 0 atom stereocenters. The number of benzene rings is 4. The highest BCUT2D eigenvalue weighted by Gasteiger charge is 2.07. The van der Waals surface area contributed by atoms with Crippen LogP contribution < -0.4 is 9.47 Å². The molecule has 4 aromatic carbocycles. The standard InChI is InChI=1S/C33H25N5O6/c39-37(40)28-5-13-32(14-6-28)43-30-9-1-24(2-10-30)19-35-21-26-17-18-34-22-27(26)23-36-20-25-3-11-31(12-4-25)44-33-15-7-29(8-16-33)38(41)42/h1-20,22H,21,23H2. The van der Waals surface area contributed by atoms with E-state index in [2.05, 4.69) is 15.0 Å². The fourth-order valence-electron chi connectivity index (χ4n) is 4.04. The number of nitro benzene ring substituents is 2. The molecule has 0 bridgehead atoms. The van der Waals surface area contributed by atoms with Crippen molar-refractivity contribution >= 4 is 23.8 Å². The Balaban J connectivity index is 1.12. The van der Waals surface area contributed by atoms with Crippen molar-refractivity contribution in [1.82, 2.24) is 4.98 Å². The van der Waals surface area contributed by atoms with Crippen molar-refractivity contribution in [3.05, 3.63) is 158 Å². The minimum atomic E-state index is -0.453. The molecule has 0 aliphatic heterocycles. The van der Waals surface area contributed by atoms with E-state index in [1.165, 1.54) is 24.3 Å². The molecule has 11 heteroatoms. The van der Waals surface area contributed by atoms with Crippen LogP contribution in [0.5, 0.6) is 23.0 Å². The zero-order valence-corrected chi connectivity index (χ0v) is 23.2. The van der Waals surface area contributed by atoms with Gasteiger partial charge < -0.3 is 9.47 Å². The van der Waals surface area contributed by atoms with Crippen LogP contribution in [0.15, 0.2) is 126 Å². The normalized spacial score (nSPS) is 11.1. The third kappa shape index (κ3) is 8.17. The maximum atomic E-state index is 10.8. The fraction of sp³-hybridized carbons (Fsp3) is 0.0606. The van der Waals surface area contributed by atoms with E-state index in [0.29, 0.717) is 36.1 Å². The van der Waals surface area contributed by atoms with Crippen molar-refractivity contribution in [1.29, 1.82) is 0 Å². The number of non-ortho nitro benzene ring substituents is 2. The molecule has 0 unspecified atom stereocenters. The molecule has 0 radical (unpaired) electrons. The van der Waals surface area contributed by atoms with Gasteiger partial charge in [-0.15, -0.1) is 0 Å². The van der Waals surface area contributed by atoms with Crippen molar-refractivity contribution in [2.75, 3.05) is 0 Å². The average molecular weight is 588 g/mol. The Hall–Kier alpha value is -6.23. The van der Waals surface area contributed by atoms with Crippen molar-refractivity contribution in [3.8, 4) is 23.0 Å². The van der Waals surface area contributed by atoms with Crippen molar-refractivity contribution in [2.24, 2.45) is 9.98 Å². The number of pyridine rings is 1. The summed E-state index contributed by atoms with van der Waals surface area (Å²) in [4.78, 5) is 34.1. The van der Waals surface area contributed by atoms with Gasteiger partial charge in [0.05, 0.1) is 22.9 Å². The topological polar surface area (TPSA) is 142 Å². The molecular formula is C33H25N5O6. The monoisotopic (exact) mass is 587 g/mol. The lowest BCUT2D eigenvalue weighted by atomic mass is 10.1. The van der Waals surface area contributed by atoms with Gasteiger partial charge in [0.15, 0.2) is 0 Å². The van der Waals surface area contributed by atoms with E-state index in [0.717, 1.165) is 22.3 Å². The molecule has 44 heavy (non-hydrogen) atoms. The van der Waals surface area contributed by atoms with Gasteiger partial charge >= 0.3 is 0 Å². The molecule has 11 nitrogen and oxygen atoms in total. The lowest BCUT2D eigenvalue weighted by Crippen LogP contribution is -1.94. The van der Waals surface area contributed by atoms with Crippen LogP contribution in [0.4, 0.5) is 11.4 Å². The number of nitrogens with zero attached hydrogens (tertiary/aromatic N) is 5. The van der Waals surface area contributed by atoms with Gasteiger partial charge in [-0.25, -0.2) is 0 Å². The summed E-state index contributed by atoms with van der Waals surface area (Å²) in [5.74, 6) is 2.23. The molecule has 0 saturated carbocycles. The predicted molar refractivity (Wildman–Crippen MR) is 166 cm³/mol. The first kappa shape index (κ1) is 29.3. The largest absolute Gasteiger partial charge is 0.457 e. The zero-order valence-electron chi connectivity index (χ0n) is 23.2. The van der Waals surface area contributed by atoms with E-state index in [1.807, 2.05) is 42.5 Å². The van der Waals surface area contributed by atoms with Gasteiger partial charge in [0.25, 0.3) is 11.4 Å². The Morgan fingerprint density at radius 2 is 0.955 bits per heavy atom. The lowest BCUT2D eigenvalue weighted by Gasteiger charge is -2.06. The molecular weight excluding hydrogens is 562 g/mol. The molecule has 0 fully saturated rings. The predicted octanol–water partition coefficient (Wildman–Crippen LogP) is 7.72. The van der Waals surface area contributed by atoms with E-state index in [9.17, 15) is 20.2 Å². The van der Waals surface area contributed by atoms with Gasteiger partial charge in [-0.1, -0.05) is 0 Å². The smallest absolute Gasteiger partial charge is 0.269 e. The molecule has 5 rings (SSSR count). The summed E-state index contributed by atoms with van der Waals surface area (Å²) in [6, 6.07) is 28.5. The van der Waals surface area contributed by atoms with Gasteiger partial charge in [-0.3, -0.25) is 35.2 Å². The van der Waals surface area contributed by atoms with Crippen molar-refractivity contribution < 1.29 is 19.3 Å². The highest BCUT2D eigenvalue weighted by molar-refractivity contribution is 5.80. The summed E-state index contributed by atoms with van der Waals surface area (Å²) in [5.41, 5.74) is 3.78. The minimum Gasteiger partial charge on any atom is -0.457 e. The summed E-state index contributed by atoms with van der Waals surface area (Å²) in [6.07, 6.45) is 7.07. The first-order chi connectivity index (χ1) is 21.4. The van der Waals surface area contributed by atoms with Crippen LogP contribution in [0.2, 0.25) is 0 Å². The number of rotatable bonds is 12. The maximum Gasteiger partial charge on any atom is 0.269 e. The van der Waals surface area contributed by atoms with Crippen LogP contribution in [-0.2, 0) is 13.1 Å². The van der Waals surface area contributed by atoms with Gasteiger partial charge in [0.1, 0.15) is 23.0 Å². The van der Waals surface area contributed by atoms with Crippen molar-refractivity contribution in [3.63, 3.8) is 0 Å². The summed E-state index contributed by atoms with van der Waals surface area (Å²) < 4.78 is 11.5. The summed E-state index contributed by atoms with van der Waals surface area (Å²) in [6.45, 7) is 0.900. The highest BCUT2D eigenvalue weighted by atomic mass is 16.6. The van der Waals surface area contributed by atoms with E-state index < -0.39 is 9.85 Å². The van der Waals surface area contributed by atoms with Crippen LogP contribution in [0.1, 0.15) is 22.3 Å². The molecule has 1 aromatic heterocycles. The second-order valence-corrected chi connectivity index (χ2v) is 9.43. The first-order valence-corrected chi connectivity index (χ1v) is 13.4. The van der Waals surface area contributed by atoms with E-state index in [4.69, 9.17) is 9.47 Å². The van der Waals surface area contributed by atoms with E-state index in [1.54, 1.807) is 61.2 Å². The third-order valence-electron chi connectivity index (χ3n) is 6.34. The molecule has 1 heterocycles. The molecule has 0 aliphatic carbocycles. The van der Waals surface area contributed by atoms with Crippen LogP contribution in [0.25, 0.3) is 0 Å². The van der Waals surface area contributed by atoms with Crippen LogP contribution in [0.3, 0.4) is 0 Å². The fourth-order valence-corrected chi connectivity index (χ4v) is 4.04. The van der Waals surface area contributed by atoms with E-state index in [-0.39, 0.29) is 11.4 Å². The Morgan fingerprint density at radius 3 is 1.36 bits per heavy atom. The number of aliphatic imine (C=N–C) groups is 2. The van der Waals surface area contributed by atoms with Gasteiger partial charge in [-0.2, -0.15) is 0 Å². The molecule has 0 saturated heterocycles. The van der Waals surface area contributed by atoms with E-state index >= 15 is 0 Å². The SMILES string of the molecule is O=[N+]([O-])c1ccc(Oc2ccc(C=NCc3ccncc3CN=Cc3ccc(Oc4ccc([N+](=O)[O-])cc4)cc3)cc2)cc1. The minimum absolute atomic E-state index is 0.00724. The second-order valence-electron chi connectivity index (χ2n) is 9.43. The summed E-state index contributed by atoms with van der Waals surface area (Å²) in [5, 5.41) is 21.6. The number of hydrogen-bond acceptors (Lipinski definition) is 9. The molecule has 5 aromatic rings. The first-order valence-electron chi connectivity index (χ1n) is 13.4. The molecule has 218 valence electrons. The van der Waals surface area contributed by atoms with Gasteiger partial charge in [0.2, 0.25) is 0 Å². The van der Waals surface area contributed by atoms with Crippen LogP contribution in [0, 0.1) is 20.2 Å². The Bertz CT molecular complexity index is 1650. The Morgan fingerprint density at radius 1 is 0.568 bits per heavy atom.